The molecule has 4 aliphatic carbocycles. The van der Waals surface area contributed by atoms with Crippen LogP contribution in [0.2, 0.25) is 0 Å². The van der Waals surface area contributed by atoms with Crippen molar-refractivity contribution in [1.82, 2.24) is 0 Å². The third kappa shape index (κ3) is 4.15. The van der Waals surface area contributed by atoms with Crippen molar-refractivity contribution in [3.63, 3.8) is 0 Å². The molecule has 13 atom stereocenters. The molecule has 6 rings (SSSR count). The molecule has 4 saturated carbocycles. The second-order valence-electron chi connectivity index (χ2n) is 13.8. The lowest BCUT2D eigenvalue weighted by Gasteiger charge is -2.65. The van der Waals surface area contributed by atoms with E-state index in [-0.39, 0.29) is 36.2 Å². The summed E-state index contributed by atoms with van der Waals surface area (Å²) in [7, 11) is 3.04. The molecule has 0 aromatic heterocycles. The van der Waals surface area contributed by atoms with E-state index < -0.39 is 52.7 Å². The first kappa shape index (κ1) is 29.7. The van der Waals surface area contributed by atoms with Crippen LogP contribution < -0.4 is 0 Å². The summed E-state index contributed by atoms with van der Waals surface area (Å²) in [6.07, 6.45) is 3.93. The summed E-state index contributed by atoms with van der Waals surface area (Å²) in [4.78, 5) is 24.9. The van der Waals surface area contributed by atoms with Gasteiger partial charge in [-0.3, -0.25) is 0 Å². The van der Waals surface area contributed by atoms with Gasteiger partial charge in [-0.2, -0.15) is 0 Å². The number of methoxy groups -OCH3 is 2. The Balaban J connectivity index is 1.22. The smallest absolute Gasteiger partial charge is 0.331 e. The number of carbonyl (C=O) groups is 2. The maximum Gasteiger partial charge on any atom is 0.331 e. The van der Waals surface area contributed by atoms with Crippen molar-refractivity contribution in [3.05, 3.63) is 11.6 Å². The van der Waals surface area contributed by atoms with Gasteiger partial charge in [0.1, 0.15) is 31.2 Å². The molecule has 3 N–H and O–H groups in total. The monoisotopic (exact) mass is 578 g/mol. The minimum Gasteiger partial charge on any atom is -0.458 e. The second-order valence-corrected chi connectivity index (χ2v) is 13.8. The van der Waals surface area contributed by atoms with Crippen LogP contribution in [0.4, 0.5) is 0 Å². The van der Waals surface area contributed by atoms with Crippen molar-refractivity contribution in [2.45, 2.75) is 120 Å². The maximum atomic E-state index is 13.1. The molecule has 2 aliphatic heterocycles. The third-order valence-electron chi connectivity index (χ3n) is 12.5. The molecule has 0 amide bonds. The third-order valence-corrected chi connectivity index (χ3v) is 12.5. The molecule has 0 radical (unpaired) electrons. The standard InChI is InChI=1S/C31H46O10/c1-17-24(34)25(37-3)26(38-4)27(40-17)41-19-5-10-29(16-32)21-6-9-28(2)20(18-13-23(33)39-15-18)8-12-31(28,36)22(21)7-11-30(29,35)14-19/h13,16-17,19-22,24-27,34-36H,5-12,14-15H2,1-4H3/t17-,19-,20-,21+,22-,24-,25+,26+,27+,28-,29+,30+,31-/m1/s1. The van der Waals surface area contributed by atoms with Gasteiger partial charge in [0.25, 0.3) is 0 Å². The van der Waals surface area contributed by atoms with Crippen LogP contribution >= 0.6 is 0 Å². The molecule has 1 saturated heterocycles. The molecule has 10 heteroatoms. The number of fused-ring (bicyclic) bond motifs is 5. The highest BCUT2D eigenvalue weighted by atomic mass is 16.7. The number of cyclic esters (lactones) is 1. The first-order valence-corrected chi connectivity index (χ1v) is 15.3. The van der Waals surface area contributed by atoms with Gasteiger partial charge in [0.05, 0.1) is 28.8 Å². The first-order valence-electron chi connectivity index (χ1n) is 15.3. The Kier molecular flexibility index (Phi) is 7.49. The van der Waals surface area contributed by atoms with Crippen LogP contribution in [-0.2, 0) is 33.3 Å². The normalized spacial score (nSPS) is 53.1. The van der Waals surface area contributed by atoms with E-state index in [1.165, 1.54) is 14.2 Å². The zero-order valence-corrected chi connectivity index (χ0v) is 24.6. The number of hydrogen-bond acceptors (Lipinski definition) is 10. The molecular weight excluding hydrogens is 532 g/mol. The van der Waals surface area contributed by atoms with E-state index in [9.17, 15) is 24.9 Å². The summed E-state index contributed by atoms with van der Waals surface area (Å²) in [6.45, 7) is 4.20. The Morgan fingerprint density at radius 2 is 1.73 bits per heavy atom. The van der Waals surface area contributed by atoms with Gasteiger partial charge in [-0.25, -0.2) is 4.79 Å². The van der Waals surface area contributed by atoms with E-state index >= 15 is 0 Å². The summed E-state index contributed by atoms with van der Waals surface area (Å²) in [5.41, 5.74) is -2.66. The summed E-state index contributed by atoms with van der Waals surface area (Å²) in [5, 5.41) is 35.2. The van der Waals surface area contributed by atoms with Crippen LogP contribution in [0.15, 0.2) is 11.6 Å². The SMILES string of the molecule is CO[C@@H]1[C@H](O[C@@H]2CC[C@]3(C=O)[C@H]4CC[C@]5(C)[C@@H](C6=CC(=O)OC6)CC[C@@]5(O)[C@@H]4CC[C@]3(O)C2)O[C@H](C)[C@@H](O)[C@@H]1OC. The fourth-order valence-corrected chi connectivity index (χ4v) is 10.2. The molecule has 0 unspecified atom stereocenters. The van der Waals surface area contributed by atoms with E-state index in [2.05, 4.69) is 6.92 Å². The van der Waals surface area contributed by atoms with Gasteiger partial charge < -0.3 is 43.8 Å². The van der Waals surface area contributed by atoms with E-state index in [1.54, 1.807) is 13.0 Å². The lowest BCUT2D eigenvalue weighted by molar-refractivity contribution is -0.323. The lowest BCUT2D eigenvalue weighted by Crippen LogP contribution is -2.69. The Bertz CT molecular complexity index is 1080. The lowest BCUT2D eigenvalue weighted by atomic mass is 9.41. The van der Waals surface area contributed by atoms with Crippen molar-refractivity contribution in [2.24, 2.45) is 28.6 Å². The van der Waals surface area contributed by atoms with Crippen LogP contribution in [0.1, 0.15) is 71.6 Å². The van der Waals surface area contributed by atoms with Crippen LogP contribution in [0.25, 0.3) is 0 Å². The van der Waals surface area contributed by atoms with Gasteiger partial charge in [0, 0.05) is 32.1 Å². The molecular formula is C31H46O10. The van der Waals surface area contributed by atoms with Gasteiger partial charge in [-0.05, 0) is 81.6 Å². The number of esters is 1. The maximum absolute atomic E-state index is 13.1. The van der Waals surface area contributed by atoms with Crippen molar-refractivity contribution in [3.8, 4) is 0 Å². The average molecular weight is 579 g/mol. The molecule has 2 heterocycles. The van der Waals surface area contributed by atoms with Crippen LogP contribution in [0, 0.1) is 28.6 Å². The highest BCUT2D eigenvalue weighted by molar-refractivity contribution is 5.85. The zero-order chi connectivity index (χ0) is 29.4. The zero-order valence-electron chi connectivity index (χ0n) is 24.6. The Hall–Kier alpha value is -1.40. The van der Waals surface area contributed by atoms with Gasteiger partial charge in [0.2, 0.25) is 0 Å². The largest absolute Gasteiger partial charge is 0.458 e. The molecule has 0 bridgehead atoms. The fraction of sp³-hybridized carbons (Fsp3) is 0.871. The average Bonchev–Trinajstić information content (AvgIpc) is 3.49. The number of aliphatic hydroxyl groups excluding tert-OH is 1. The van der Waals surface area contributed by atoms with Crippen LogP contribution in [-0.4, -0.2) is 96.4 Å². The number of ether oxygens (including phenoxy) is 5. The summed E-state index contributed by atoms with van der Waals surface area (Å²) in [5.74, 6) is -0.499. The Morgan fingerprint density at radius 3 is 2.39 bits per heavy atom. The van der Waals surface area contributed by atoms with E-state index in [0.29, 0.717) is 38.7 Å². The molecule has 6 aliphatic rings. The minimum absolute atomic E-state index is 0.0677. The molecule has 41 heavy (non-hydrogen) atoms. The predicted molar refractivity (Wildman–Crippen MR) is 144 cm³/mol. The molecule has 0 spiro atoms. The van der Waals surface area contributed by atoms with Crippen molar-refractivity contribution in [1.29, 1.82) is 0 Å². The molecule has 0 aromatic carbocycles. The Morgan fingerprint density at radius 1 is 1.00 bits per heavy atom. The summed E-state index contributed by atoms with van der Waals surface area (Å²) < 4.78 is 28.7. The van der Waals surface area contributed by atoms with E-state index in [0.717, 1.165) is 31.1 Å². The summed E-state index contributed by atoms with van der Waals surface area (Å²) in [6, 6.07) is 0. The predicted octanol–water partition coefficient (Wildman–Crippen LogP) is 2.06. The van der Waals surface area contributed by atoms with Gasteiger partial charge in [0.15, 0.2) is 6.29 Å². The van der Waals surface area contributed by atoms with Crippen LogP contribution in [0.5, 0.6) is 0 Å². The molecule has 10 nitrogen and oxygen atoms in total. The Labute approximate surface area is 241 Å². The number of rotatable bonds is 6. The van der Waals surface area contributed by atoms with E-state index in [1.807, 2.05) is 0 Å². The molecule has 230 valence electrons. The first-order chi connectivity index (χ1) is 19.5. The fourth-order valence-electron chi connectivity index (χ4n) is 10.2. The van der Waals surface area contributed by atoms with E-state index in [4.69, 9.17) is 23.7 Å². The van der Waals surface area contributed by atoms with Gasteiger partial charge in [-0.1, -0.05) is 6.92 Å². The number of aliphatic hydroxyl groups is 3. The topological polar surface area (TPSA) is 141 Å². The second kappa shape index (κ2) is 10.4. The van der Waals surface area contributed by atoms with Crippen molar-refractivity contribution in [2.75, 3.05) is 20.8 Å². The highest BCUT2D eigenvalue weighted by Gasteiger charge is 2.71. The number of carbonyl (C=O) groups excluding carboxylic acids is 2. The van der Waals surface area contributed by atoms with Gasteiger partial charge >= 0.3 is 5.97 Å². The van der Waals surface area contributed by atoms with Crippen molar-refractivity contribution >= 4 is 12.3 Å². The van der Waals surface area contributed by atoms with Crippen molar-refractivity contribution < 1.29 is 48.6 Å². The van der Waals surface area contributed by atoms with Crippen LogP contribution in [0.3, 0.4) is 0 Å². The summed E-state index contributed by atoms with van der Waals surface area (Å²) >= 11 is 0. The molecule has 5 fully saturated rings. The quantitative estimate of drug-likeness (QED) is 0.244. The highest BCUT2D eigenvalue weighted by Crippen LogP contribution is 2.70. The molecule has 0 aromatic rings. The minimum atomic E-state index is -1.27. The van der Waals surface area contributed by atoms with Gasteiger partial charge in [-0.15, -0.1) is 0 Å². The number of aldehydes is 1. The number of hydrogen-bond donors (Lipinski definition) is 3.